The lowest BCUT2D eigenvalue weighted by Crippen LogP contribution is -2.19. The monoisotopic (exact) mass is 459 g/mol. The fraction of sp³-hybridized carbons (Fsp3) is 0.176. The van der Waals surface area contributed by atoms with Crippen LogP contribution >= 0.6 is 34.5 Å². The Labute approximate surface area is 175 Å². The minimum absolute atomic E-state index is 0.00380. The largest absolute Gasteiger partial charge is 0.336 e. The summed E-state index contributed by atoms with van der Waals surface area (Å²) < 4.78 is 32.5. The van der Waals surface area contributed by atoms with E-state index in [4.69, 9.17) is 27.7 Å². The van der Waals surface area contributed by atoms with Gasteiger partial charge in [-0.2, -0.15) is 0 Å². The number of thiophene rings is 1. The zero-order valence-electron chi connectivity index (χ0n) is 15.0. The Morgan fingerprint density at radius 1 is 1.21 bits per heavy atom. The maximum Gasteiger partial charge on any atom is 0.267 e. The lowest BCUT2D eigenvalue weighted by molar-refractivity contribution is 0.102. The van der Waals surface area contributed by atoms with Crippen molar-refractivity contribution >= 4 is 62.0 Å². The summed E-state index contributed by atoms with van der Waals surface area (Å²) >= 11 is 13.2. The Balaban J connectivity index is 1.91. The van der Waals surface area contributed by atoms with Crippen molar-refractivity contribution in [3.8, 4) is 0 Å². The lowest BCUT2D eigenvalue weighted by Gasteiger charge is -2.12. The van der Waals surface area contributed by atoms with E-state index in [0.29, 0.717) is 16.4 Å². The summed E-state index contributed by atoms with van der Waals surface area (Å²) in [4.78, 5) is 12.5. The number of sulfonamides is 1. The summed E-state index contributed by atoms with van der Waals surface area (Å²) in [7, 11) is -4.13. The third kappa shape index (κ3) is 4.02. The number of hydrogen-bond donors (Lipinski definition) is 2. The second-order valence-corrected chi connectivity index (χ2v) is 9.38. The van der Waals surface area contributed by atoms with Gasteiger partial charge in [-0.15, -0.1) is 11.3 Å². The van der Waals surface area contributed by atoms with Gasteiger partial charge in [0.05, 0.1) is 10.7 Å². The second kappa shape index (κ2) is 7.75. The molecule has 2 aromatic heterocycles. The van der Waals surface area contributed by atoms with Gasteiger partial charge >= 0.3 is 0 Å². The Morgan fingerprint density at radius 2 is 1.93 bits per heavy atom. The minimum Gasteiger partial charge on any atom is -0.336 e. The van der Waals surface area contributed by atoms with Crippen LogP contribution in [0.2, 0.25) is 10.0 Å². The second-order valence-electron chi connectivity index (χ2n) is 6.02. The quantitative estimate of drug-likeness (QED) is 0.557. The summed E-state index contributed by atoms with van der Waals surface area (Å²) in [5.74, 6) is -0.807. The highest BCUT2D eigenvalue weighted by atomic mass is 35.5. The van der Waals surface area contributed by atoms with Crippen molar-refractivity contribution in [2.45, 2.75) is 25.7 Å². The molecule has 28 heavy (non-hydrogen) atoms. The normalized spacial score (nSPS) is 11.5. The Hall–Kier alpha value is -2.07. The third-order valence-corrected chi connectivity index (χ3v) is 6.97. The Bertz CT molecular complexity index is 1150. The number of aromatic nitrogens is 1. The number of hydrogen-bond acceptors (Lipinski definition) is 6. The number of nitrogens with zero attached hydrogens (tertiary/aromatic N) is 1. The van der Waals surface area contributed by atoms with E-state index in [9.17, 15) is 13.2 Å². The molecule has 3 rings (SSSR count). The highest BCUT2D eigenvalue weighted by Gasteiger charge is 2.27. The standard InChI is InChI=1S/C17H15Cl2N3O4S2/c1-8-6-9(2)14(11(18)7-8)20-16(23)15-12(4-5-27-15)28(24,25)22-17-13(19)10(3)21-26-17/h4-7,22H,1-3H3,(H,20,23). The molecule has 0 bridgehead atoms. The van der Waals surface area contributed by atoms with Gasteiger partial charge in [-0.1, -0.05) is 34.4 Å². The molecule has 0 aliphatic rings. The van der Waals surface area contributed by atoms with E-state index in [1.165, 1.54) is 11.4 Å². The van der Waals surface area contributed by atoms with Gasteiger partial charge in [0.1, 0.15) is 20.5 Å². The molecule has 1 amide bonds. The summed E-state index contributed by atoms with van der Waals surface area (Å²) in [5.41, 5.74) is 2.48. The van der Waals surface area contributed by atoms with Crippen LogP contribution in [-0.4, -0.2) is 19.5 Å². The van der Waals surface area contributed by atoms with Gasteiger partial charge in [0.2, 0.25) is 0 Å². The molecule has 0 fully saturated rings. The average Bonchev–Trinajstić information content (AvgIpc) is 3.21. The van der Waals surface area contributed by atoms with Crippen LogP contribution in [0.5, 0.6) is 0 Å². The van der Waals surface area contributed by atoms with Crippen molar-refractivity contribution < 1.29 is 17.7 Å². The molecule has 7 nitrogen and oxygen atoms in total. The first-order valence-electron chi connectivity index (χ1n) is 7.90. The molecule has 0 radical (unpaired) electrons. The van der Waals surface area contributed by atoms with E-state index in [1.807, 2.05) is 13.0 Å². The smallest absolute Gasteiger partial charge is 0.267 e. The van der Waals surface area contributed by atoms with E-state index in [0.717, 1.165) is 22.5 Å². The molecule has 0 aliphatic heterocycles. The average molecular weight is 460 g/mol. The van der Waals surface area contributed by atoms with Crippen molar-refractivity contribution in [2.75, 3.05) is 10.0 Å². The topological polar surface area (TPSA) is 101 Å². The summed E-state index contributed by atoms with van der Waals surface area (Å²) in [6.07, 6.45) is 0. The molecule has 2 N–H and O–H groups in total. The highest BCUT2D eigenvalue weighted by Crippen LogP contribution is 2.32. The molecule has 0 atom stereocenters. The molecule has 2 heterocycles. The van der Waals surface area contributed by atoms with Crippen LogP contribution in [-0.2, 0) is 10.0 Å². The van der Waals surface area contributed by atoms with Gasteiger partial charge in [-0.25, -0.2) is 13.1 Å². The molecule has 11 heteroatoms. The van der Waals surface area contributed by atoms with Crippen LogP contribution in [0.1, 0.15) is 26.5 Å². The SMILES string of the molecule is Cc1cc(C)c(NC(=O)c2sccc2S(=O)(=O)Nc2onc(C)c2Cl)c(Cl)c1. The molecule has 0 aliphatic carbocycles. The van der Waals surface area contributed by atoms with Gasteiger partial charge < -0.3 is 9.84 Å². The van der Waals surface area contributed by atoms with E-state index >= 15 is 0 Å². The van der Waals surface area contributed by atoms with Gasteiger partial charge in [-0.3, -0.25) is 4.79 Å². The Kier molecular flexibility index (Phi) is 5.72. The Morgan fingerprint density at radius 3 is 2.54 bits per heavy atom. The molecule has 0 saturated carbocycles. The molecule has 0 saturated heterocycles. The molecule has 148 valence electrons. The molecule has 3 aromatic rings. The number of nitrogens with one attached hydrogen (secondary N) is 2. The van der Waals surface area contributed by atoms with Crippen LogP contribution in [0, 0.1) is 20.8 Å². The minimum atomic E-state index is -4.13. The summed E-state index contributed by atoms with van der Waals surface area (Å²) in [6.45, 7) is 5.26. The fourth-order valence-electron chi connectivity index (χ4n) is 2.52. The van der Waals surface area contributed by atoms with Crippen LogP contribution < -0.4 is 10.0 Å². The number of carbonyl (C=O) groups is 1. The predicted octanol–water partition coefficient (Wildman–Crippen LogP) is 5.02. The van der Waals surface area contributed by atoms with Gasteiger partial charge in [0.15, 0.2) is 0 Å². The number of rotatable bonds is 5. The lowest BCUT2D eigenvalue weighted by atomic mass is 10.1. The number of benzene rings is 1. The highest BCUT2D eigenvalue weighted by molar-refractivity contribution is 7.93. The predicted molar refractivity (Wildman–Crippen MR) is 110 cm³/mol. The van der Waals surface area contributed by atoms with Crippen molar-refractivity contribution in [1.29, 1.82) is 0 Å². The number of halogens is 2. The van der Waals surface area contributed by atoms with Gasteiger partial charge in [0, 0.05) is 0 Å². The molecule has 0 unspecified atom stereocenters. The molecule has 1 aromatic carbocycles. The number of carbonyl (C=O) groups excluding carboxylic acids is 1. The number of amides is 1. The van der Waals surface area contributed by atoms with Crippen LogP contribution in [0.3, 0.4) is 0 Å². The number of anilines is 2. The first kappa shape index (κ1) is 20.7. The molecular weight excluding hydrogens is 445 g/mol. The van der Waals surface area contributed by atoms with Gasteiger partial charge in [0.25, 0.3) is 21.8 Å². The maximum atomic E-state index is 12.7. The van der Waals surface area contributed by atoms with Crippen molar-refractivity contribution in [3.05, 3.63) is 55.3 Å². The zero-order valence-corrected chi connectivity index (χ0v) is 18.1. The third-order valence-electron chi connectivity index (χ3n) is 3.81. The fourth-order valence-corrected chi connectivity index (χ4v) is 5.38. The van der Waals surface area contributed by atoms with Crippen LogP contribution in [0.25, 0.3) is 0 Å². The van der Waals surface area contributed by atoms with Gasteiger partial charge in [-0.05, 0) is 49.4 Å². The van der Waals surface area contributed by atoms with Crippen LogP contribution in [0.4, 0.5) is 11.6 Å². The summed E-state index contributed by atoms with van der Waals surface area (Å²) in [6, 6.07) is 4.90. The van der Waals surface area contributed by atoms with Crippen molar-refractivity contribution in [2.24, 2.45) is 0 Å². The van der Waals surface area contributed by atoms with E-state index in [1.54, 1.807) is 19.9 Å². The summed E-state index contributed by atoms with van der Waals surface area (Å²) in [5, 5.41) is 8.20. The molecular formula is C17H15Cl2N3O4S2. The van der Waals surface area contributed by atoms with E-state index < -0.39 is 15.9 Å². The van der Waals surface area contributed by atoms with E-state index in [-0.39, 0.29) is 20.7 Å². The maximum absolute atomic E-state index is 12.7. The van der Waals surface area contributed by atoms with Crippen molar-refractivity contribution in [1.82, 2.24) is 5.16 Å². The van der Waals surface area contributed by atoms with Crippen LogP contribution in [0.15, 0.2) is 33.0 Å². The molecule has 0 spiro atoms. The zero-order chi connectivity index (χ0) is 20.6. The first-order chi connectivity index (χ1) is 13.1. The van der Waals surface area contributed by atoms with Crippen molar-refractivity contribution in [3.63, 3.8) is 0 Å². The number of aryl methyl sites for hydroxylation is 3. The van der Waals surface area contributed by atoms with E-state index in [2.05, 4.69) is 15.2 Å². The first-order valence-corrected chi connectivity index (χ1v) is 11.0.